The lowest BCUT2D eigenvalue weighted by molar-refractivity contribution is 0.102. The largest absolute Gasteiger partial charge is 0.495 e. The zero-order valence-electron chi connectivity index (χ0n) is 13.5. The number of amides is 1. The predicted molar refractivity (Wildman–Crippen MR) is 90.7 cm³/mol. The van der Waals surface area contributed by atoms with Gasteiger partial charge in [-0.25, -0.2) is 0 Å². The molecule has 132 valence electrons. The third kappa shape index (κ3) is 3.83. The van der Waals surface area contributed by atoms with E-state index in [9.17, 15) is 9.00 Å². The highest BCUT2D eigenvalue weighted by Crippen LogP contribution is 2.34. The van der Waals surface area contributed by atoms with Crippen LogP contribution >= 0.6 is 0 Å². The van der Waals surface area contributed by atoms with Gasteiger partial charge >= 0.3 is 0 Å². The average Bonchev–Trinajstić information content (AvgIpc) is 3.09. The molecule has 25 heavy (non-hydrogen) atoms. The minimum Gasteiger partial charge on any atom is -0.495 e. The first kappa shape index (κ1) is 17.1. The predicted octanol–water partition coefficient (Wildman–Crippen LogP) is 3.02. The Morgan fingerprint density at radius 1 is 1.16 bits per heavy atom. The van der Waals surface area contributed by atoms with Gasteiger partial charge in [0.15, 0.2) is 11.5 Å². The molecule has 1 amide bonds. The summed E-state index contributed by atoms with van der Waals surface area (Å²) in [4.78, 5) is 12.4. The van der Waals surface area contributed by atoms with Gasteiger partial charge in [-0.2, -0.15) is 0 Å². The van der Waals surface area contributed by atoms with E-state index in [-0.39, 0.29) is 18.4 Å². The molecule has 0 aliphatic carbocycles. The number of ether oxygens (including phenoxy) is 3. The standard InChI is InChI=1S/C16H15N2O6S/c1-21-13-5-3-10(7-12(13)18-25(20)22-2)16(19)17-11-4-6-14-15(8-11)24-9-23-14/h3-8H,9H2,1-2H3,(H,17,19)/q-1. The fourth-order valence-corrected chi connectivity index (χ4v) is 2.58. The number of fused-ring (bicyclic) bond motifs is 1. The molecule has 0 unspecified atom stereocenters. The van der Waals surface area contributed by atoms with Crippen molar-refractivity contribution < 1.29 is 27.4 Å². The quantitative estimate of drug-likeness (QED) is 0.821. The number of anilines is 1. The monoisotopic (exact) mass is 363 g/mol. The summed E-state index contributed by atoms with van der Waals surface area (Å²) < 4.78 is 35.6. The Balaban J connectivity index is 1.84. The van der Waals surface area contributed by atoms with Gasteiger partial charge < -0.3 is 32.3 Å². The van der Waals surface area contributed by atoms with Gasteiger partial charge in [0.25, 0.3) is 5.91 Å². The van der Waals surface area contributed by atoms with Gasteiger partial charge in [-0.1, -0.05) is 10.9 Å². The lowest BCUT2D eigenvalue weighted by atomic mass is 10.1. The maximum atomic E-state index is 12.4. The molecular weight excluding hydrogens is 348 g/mol. The minimum absolute atomic E-state index is 0.159. The van der Waals surface area contributed by atoms with Gasteiger partial charge in [-0.3, -0.25) is 4.79 Å². The van der Waals surface area contributed by atoms with Crippen molar-refractivity contribution in [3.05, 3.63) is 42.0 Å². The van der Waals surface area contributed by atoms with Crippen LogP contribution in [0.4, 0.5) is 11.4 Å². The molecule has 0 saturated heterocycles. The summed E-state index contributed by atoms with van der Waals surface area (Å²) in [6, 6.07) is 9.72. The number of rotatable bonds is 5. The fourth-order valence-electron chi connectivity index (χ4n) is 2.20. The van der Waals surface area contributed by atoms with Crippen LogP contribution in [-0.4, -0.2) is 26.9 Å². The Hall–Kier alpha value is -2.78. The van der Waals surface area contributed by atoms with Crippen LogP contribution in [0.25, 0.3) is 0 Å². The average molecular weight is 363 g/mol. The van der Waals surface area contributed by atoms with Crippen molar-refractivity contribution in [3.8, 4) is 17.2 Å². The van der Waals surface area contributed by atoms with Gasteiger partial charge in [-0.15, -0.1) is 0 Å². The van der Waals surface area contributed by atoms with E-state index < -0.39 is 10.9 Å². The van der Waals surface area contributed by atoms with Crippen LogP contribution in [-0.2, 0) is 19.3 Å². The van der Waals surface area contributed by atoms with E-state index in [0.29, 0.717) is 28.5 Å². The van der Waals surface area contributed by atoms with Gasteiger partial charge in [0, 0.05) is 24.4 Å². The van der Waals surface area contributed by atoms with Crippen LogP contribution in [0.2, 0.25) is 0 Å². The molecule has 2 aromatic rings. The first-order valence-corrected chi connectivity index (χ1v) is 8.21. The van der Waals surface area contributed by atoms with Gasteiger partial charge in [-0.05, 0) is 30.3 Å². The lowest BCUT2D eigenvalue weighted by Gasteiger charge is -2.11. The number of methoxy groups -OCH3 is 1. The van der Waals surface area contributed by atoms with E-state index in [1.54, 1.807) is 30.3 Å². The fraction of sp³-hybridized carbons (Fsp3) is 0.188. The van der Waals surface area contributed by atoms with E-state index in [0.717, 1.165) is 0 Å². The van der Waals surface area contributed by atoms with Crippen molar-refractivity contribution >= 4 is 28.2 Å². The molecule has 1 N–H and O–H groups in total. The molecule has 0 saturated carbocycles. The molecule has 2 aromatic carbocycles. The maximum Gasteiger partial charge on any atom is 0.255 e. The van der Waals surface area contributed by atoms with Crippen molar-refractivity contribution in [2.75, 3.05) is 26.3 Å². The number of nitrogens with one attached hydrogen (secondary N) is 1. The number of nitrogens with zero attached hydrogens (tertiary/aromatic N) is 1. The first-order chi connectivity index (χ1) is 12.1. The maximum absolute atomic E-state index is 12.4. The van der Waals surface area contributed by atoms with E-state index in [4.69, 9.17) is 14.2 Å². The van der Waals surface area contributed by atoms with Crippen molar-refractivity contribution in [1.82, 2.24) is 0 Å². The second-order valence-electron chi connectivity index (χ2n) is 4.88. The number of benzene rings is 2. The summed E-state index contributed by atoms with van der Waals surface area (Å²) in [6.45, 7) is 0.159. The summed E-state index contributed by atoms with van der Waals surface area (Å²) in [5.74, 6) is 1.22. The molecule has 0 fully saturated rings. The second-order valence-corrected chi connectivity index (χ2v) is 5.83. The Kier molecular flexibility index (Phi) is 5.05. The van der Waals surface area contributed by atoms with Crippen molar-refractivity contribution in [2.24, 2.45) is 4.36 Å². The minimum atomic E-state index is -1.87. The van der Waals surface area contributed by atoms with Crippen LogP contribution in [0.1, 0.15) is 10.4 Å². The normalized spacial score (nSPS) is 13.5. The number of hydrogen-bond donors (Lipinski definition) is 1. The number of carbonyl (C=O) groups is 1. The van der Waals surface area contributed by atoms with Crippen molar-refractivity contribution in [3.63, 3.8) is 0 Å². The van der Waals surface area contributed by atoms with Crippen LogP contribution in [0.15, 0.2) is 40.8 Å². The zero-order valence-corrected chi connectivity index (χ0v) is 14.3. The SMILES string of the molecule is COc1ccc(C(=O)Nc2ccc3c(c2)OCO3)cc1N=[S-](=O)OC. The van der Waals surface area contributed by atoms with Gasteiger partial charge in [0.05, 0.1) is 12.8 Å². The highest BCUT2D eigenvalue weighted by Gasteiger charge is 2.15. The summed E-state index contributed by atoms with van der Waals surface area (Å²) in [7, 11) is 0.854. The molecular formula is C16H15N2O6S-. The third-order valence-electron chi connectivity index (χ3n) is 3.39. The molecule has 1 aliphatic heterocycles. The molecule has 0 spiro atoms. The molecule has 1 aliphatic rings. The van der Waals surface area contributed by atoms with E-state index >= 15 is 0 Å². The molecule has 3 rings (SSSR count). The lowest BCUT2D eigenvalue weighted by Crippen LogP contribution is -2.11. The van der Waals surface area contributed by atoms with Crippen LogP contribution in [0.3, 0.4) is 0 Å². The molecule has 0 bridgehead atoms. The molecule has 0 atom stereocenters. The zero-order chi connectivity index (χ0) is 17.8. The number of carbonyl (C=O) groups excluding carboxylic acids is 1. The summed E-state index contributed by atoms with van der Waals surface area (Å²) in [5.41, 5.74) is 1.13. The van der Waals surface area contributed by atoms with E-state index in [1.165, 1.54) is 20.3 Å². The highest BCUT2D eigenvalue weighted by atomic mass is 32.2. The van der Waals surface area contributed by atoms with Crippen molar-refractivity contribution in [1.29, 1.82) is 0 Å². The number of hydrogen-bond acceptors (Lipinski definition) is 8. The molecule has 0 radical (unpaired) electrons. The van der Waals surface area contributed by atoms with Crippen LogP contribution in [0, 0.1) is 0 Å². The Morgan fingerprint density at radius 2 is 1.96 bits per heavy atom. The Bertz CT molecular complexity index is 892. The topological polar surface area (TPSA) is 95.5 Å². The van der Waals surface area contributed by atoms with Crippen LogP contribution < -0.4 is 19.5 Å². The first-order valence-electron chi connectivity index (χ1n) is 7.18. The molecule has 0 aromatic heterocycles. The highest BCUT2D eigenvalue weighted by molar-refractivity contribution is 7.69. The summed E-state index contributed by atoms with van der Waals surface area (Å²) >= 11 is 0. The third-order valence-corrected chi connectivity index (χ3v) is 4.02. The summed E-state index contributed by atoms with van der Waals surface area (Å²) in [5, 5.41) is 2.76. The molecule has 9 heteroatoms. The molecule has 1 heterocycles. The summed E-state index contributed by atoms with van der Waals surface area (Å²) in [6.07, 6.45) is 0. The van der Waals surface area contributed by atoms with E-state index in [2.05, 4.69) is 13.9 Å². The Morgan fingerprint density at radius 3 is 2.72 bits per heavy atom. The van der Waals surface area contributed by atoms with Crippen molar-refractivity contribution in [2.45, 2.75) is 0 Å². The van der Waals surface area contributed by atoms with Gasteiger partial charge in [0.2, 0.25) is 6.79 Å². The van der Waals surface area contributed by atoms with Gasteiger partial charge in [0.1, 0.15) is 5.75 Å². The van der Waals surface area contributed by atoms with E-state index in [1.807, 2.05) is 0 Å². The molecule has 8 nitrogen and oxygen atoms in total. The van der Waals surface area contributed by atoms with Crippen LogP contribution in [0.5, 0.6) is 17.2 Å². The Labute approximate surface area is 146 Å². The second kappa shape index (κ2) is 7.41. The smallest absolute Gasteiger partial charge is 0.255 e.